The molecule has 3 rings (SSSR count). The lowest BCUT2D eigenvalue weighted by molar-refractivity contribution is -0.153. The van der Waals surface area contributed by atoms with E-state index in [9.17, 15) is 14.4 Å². The fraction of sp³-hybridized carbons (Fsp3) is 0.200. The number of amides is 3. The number of hydrogen-bond donors (Lipinski definition) is 2. The van der Waals surface area contributed by atoms with Gasteiger partial charge in [-0.15, -0.1) is 0 Å². The Hall–Kier alpha value is -3.33. The maximum absolute atomic E-state index is 12.5. The van der Waals surface area contributed by atoms with Gasteiger partial charge in [0.25, 0.3) is 11.1 Å². The van der Waals surface area contributed by atoms with Crippen LogP contribution in [0.2, 0.25) is 0 Å². The molecule has 0 unspecified atom stereocenters. The van der Waals surface area contributed by atoms with Crippen LogP contribution in [0.15, 0.2) is 64.2 Å². The van der Waals surface area contributed by atoms with Crippen LogP contribution >= 0.6 is 11.8 Å². The monoisotopic (exact) mass is 413 g/mol. The van der Waals surface area contributed by atoms with Crippen LogP contribution in [0.1, 0.15) is 18.6 Å². The molecule has 0 bridgehead atoms. The van der Waals surface area contributed by atoms with Crippen molar-refractivity contribution in [1.82, 2.24) is 15.6 Å². The number of nitrogens with zero attached hydrogens (tertiary/aromatic N) is 1. The van der Waals surface area contributed by atoms with Crippen LogP contribution in [0.4, 0.5) is 4.79 Å². The van der Waals surface area contributed by atoms with Crippen molar-refractivity contribution >= 4 is 40.8 Å². The molecule has 0 fully saturated rings. The Morgan fingerprint density at radius 2 is 1.83 bits per heavy atom. The maximum atomic E-state index is 12.5. The molecule has 9 heteroatoms. The second-order valence-electron chi connectivity index (χ2n) is 5.87. The molecule has 2 N–H and O–H groups in total. The van der Waals surface area contributed by atoms with Gasteiger partial charge in [0.2, 0.25) is 6.10 Å². The Labute approximate surface area is 171 Å². The van der Waals surface area contributed by atoms with Crippen molar-refractivity contribution in [2.24, 2.45) is 0 Å². The molecule has 8 nitrogen and oxygen atoms in total. The van der Waals surface area contributed by atoms with Gasteiger partial charge in [-0.1, -0.05) is 54.2 Å². The molecule has 3 aromatic rings. The SMILES string of the molecule is CCNC(=O)NC(=O)[C@@H](OC(=O)CSc1nc2ccccc2o1)c1ccccc1. The summed E-state index contributed by atoms with van der Waals surface area (Å²) in [5.74, 6) is -1.48. The van der Waals surface area contributed by atoms with Gasteiger partial charge in [-0.25, -0.2) is 9.78 Å². The highest BCUT2D eigenvalue weighted by Crippen LogP contribution is 2.24. The zero-order valence-corrected chi connectivity index (χ0v) is 16.4. The summed E-state index contributed by atoms with van der Waals surface area (Å²) in [6.45, 7) is 2.08. The van der Waals surface area contributed by atoms with E-state index in [1.165, 1.54) is 0 Å². The summed E-state index contributed by atoms with van der Waals surface area (Å²) >= 11 is 1.06. The molecule has 0 saturated carbocycles. The second-order valence-corrected chi connectivity index (χ2v) is 6.79. The molecule has 1 aromatic heterocycles. The highest BCUT2D eigenvalue weighted by atomic mass is 32.2. The molecule has 0 saturated heterocycles. The standard InChI is InChI=1S/C20H19N3O5S/c1-2-21-19(26)23-18(25)17(13-8-4-3-5-9-13)28-16(24)12-29-20-22-14-10-6-7-11-15(14)27-20/h3-11,17H,2,12H2,1H3,(H2,21,23,25,26)/t17-/m0/s1. The number of aromatic nitrogens is 1. The third-order valence-corrected chi connectivity index (χ3v) is 4.55. The van der Waals surface area contributed by atoms with Crippen molar-refractivity contribution in [1.29, 1.82) is 0 Å². The van der Waals surface area contributed by atoms with Gasteiger partial charge < -0.3 is 14.5 Å². The maximum Gasteiger partial charge on any atom is 0.321 e. The van der Waals surface area contributed by atoms with Gasteiger partial charge in [0, 0.05) is 12.1 Å². The second kappa shape index (κ2) is 9.74. The molecule has 0 radical (unpaired) electrons. The predicted molar refractivity (Wildman–Crippen MR) is 107 cm³/mol. The Bertz CT molecular complexity index is 973. The van der Waals surface area contributed by atoms with E-state index in [1.54, 1.807) is 49.4 Å². The number of fused-ring (bicyclic) bond motifs is 1. The number of carbonyl (C=O) groups excluding carboxylic acids is 3. The summed E-state index contributed by atoms with van der Waals surface area (Å²) in [6.07, 6.45) is -1.25. The minimum atomic E-state index is -1.25. The molecule has 29 heavy (non-hydrogen) atoms. The molecule has 0 aliphatic heterocycles. The molecule has 0 spiro atoms. The molecule has 3 amide bonds. The number of carbonyl (C=O) groups is 3. The van der Waals surface area contributed by atoms with E-state index in [4.69, 9.17) is 9.15 Å². The molecule has 150 valence electrons. The average Bonchev–Trinajstić information content (AvgIpc) is 3.14. The number of oxazole rings is 1. The van der Waals surface area contributed by atoms with Crippen LogP contribution < -0.4 is 10.6 Å². The van der Waals surface area contributed by atoms with Gasteiger partial charge in [0.1, 0.15) is 11.3 Å². The minimum Gasteiger partial charge on any atom is -0.447 e. The van der Waals surface area contributed by atoms with Gasteiger partial charge in [-0.2, -0.15) is 0 Å². The molecular weight excluding hydrogens is 394 g/mol. The molecule has 0 aliphatic rings. The first-order valence-corrected chi connectivity index (χ1v) is 9.87. The van der Waals surface area contributed by atoms with E-state index in [-0.39, 0.29) is 5.75 Å². The number of imide groups is 1. The van der Waals surface area contributed by atoms with Crippen molar-refractivity contribution in [3.8, 4) is 0 Å². The highest BCUT2D eigenvalue weighted by Gasteiger charge is 2.26. The van der Waals surface area contributed by atoms with Crippen LogP contribution in [0, 0.1) is 0 Å². The molecule has 0 aliphatic carbocycles. The lowest BCUT2D eigenvalue weighted by Gasteiger charge is -2.17. The van der Waals surface area contributed by atoms with Crippen LogP contribution in [0.5, 0.6) is 0 Å². The fourth-order valence-electron chi connectivity index (χ4n) is 2.48. The number of thioether (sulfide) groups is 1. The van der Waals surface area contributed by atoms with E-state index in [0.717, 1.165) is 11.8 Å². The van der Waals surface area contributed by atoms with Gasteiger partial charge in [0.05, 0.1) is 0 Å². The average molecular weight is 413 g/mol. The Kier molecular flexibility index (Phi) is 6.85. The van der Waals surface area contributed by atoms with Crippen molar-refractivity contribution < 1.29 is 23.5 Å². The number of urea groups is 1. The number of ether oxygens (including phenoxy) is 1. The molecule has 1 heterocycles. The number of hydrogen-bond acceptors (Lipinski definition) is 7. The number of benzene rings is 2. The van der Waals surface area contributed by atoms with Crippen molar-refractivity contribution in [3.63, 3.8) is 0 Å². The van der Waals surface area contributed by atoms with E-state index < -0.39 is 24.0 Å². The van der Waals surface area contributed by atoms with E-state index in [2.05, 4.69) is 15.6 Å². The summed E-state index contributed by atoms with van der Waals surface area (Å²) in [5.41, 5.74) is 1.76. The van der Waals surface area contributed by atoms with Gasteiger partial charge in [-0.3, -0.25) is 14.9 Å². The number of nitrogens with one attached hydrogen (secondary N) is 2. The lowest BCUT2D eigenvalue weighted by Crippen LogP contribution is -2.42. The van der Waals surface area contributed by atoms with Crippen LogP contribution in [-0.2, 0) is 14.3 Å². The zero-order valence-electron chi connectivity index (χ0n) is 15.6. The van der Waals surface area contributed by atoms with E-state index in [1.807, 2.05) is 12.1 Å². The summed E-state index contributed by atoms with van der Waals surface area (Å²) in [7, 11) is 0. The number of rotatable bonds is 7. The van der Waals surface area contributed by atoms with Crippen molar-refractivity contribution in [3.05, 3.63) is 60.2 Å². The van der Waals surface area contributed by atoms with Crippen molar-refractivity contribution in [2.75, 3.05) is 12.3 Å². The number of esters is 1. The first-order valence-electron chi connectivity index (χ1n) is 8.88. The Balaban J connectivity index is 1.65. The first kappa shape index (κ1) is 20.4. The quantitative estimate of drug-likeness (QED) is 0.452. The number of para-hydroxylation sites is 2. The Morgan fingerprint density at radius 3 is 2.55 bits per heavy atom. The normalized spacial score (nSPS) is 11.6. The summed E-state index contributed by atoms with van der Waals surface area (Å²) in [4.78, 5) is 40.7. The summed E-state index contributed by atoms with van der Waals surface area (Å²) < 4.78 is 10.9. The summed E-state index contributed by atoms with van der Waals surface area (Å²) in [6, 6.07) is 15.1. The summed E-state index contributed by atoms with van der Waals surface area (Å²) in [5, 5.41) is 4.96. The largest absolute Gasteiger partial charge is 0.447 e. The van der Waals surface area contributed by atoms with Crippen LogP contribution in [-0.4, -0.2) is 35.2 Å². The third-order valence-electron chi connectivity index (χ3n) is 3.75. The van der Waals surface area contributed by atoms with Crippen molar-refractivity contribution in [2.45, 2.75) is 18.3 Å². The lowest BCUT2D eigenvalue weighted by atomic mass is 10.1. The predicted octanol–water partition coefficient (Wildman–Crippen LogP) is 3.05. The smallest absolute Gasteiger partial charge is 0.321 e. The Morgan fingerprint density at radius 1 is 1.10 bits per heavy atom. The van der Waals surface area contributed by atoms with Gasteiger partial charge in [-0.05, 0) is 19.1 Å². The molecule has 2 aromatic carbocycles. The van der Waals surface area contributed by atoms with E-state index >= 15 is 0 Å². The van der Waals surface area contributed by atoms with Crippen LogP contribution in [0.3, 0.4) is 0 Å². The van der Waals surface area contributed by atoms with E-state index in [0.29, 0.717) is 28.4 Å². The highest BCUT2D eigenvalue weighted by molar-refractivity contribution is 7.99. The fourth-order valence-corrected chi connectivity index (χ4v) is 3.10. The first-order chi connectivity index (χ1) is 14.1. The molecule has 1 atom stereocenters. The van der Waals surface area contributed by atoms with Gasteiger partial charge >= 0.3 is 12.0 Å². The minimum absolute atomic E-state index is 0.107. The zero-order chi connectivity index (χ0) is 20.6. The van der Waals surface area contributed by atoms with Gasteiger partial charge in [0.15, 0.2) is 5.58 Å². The molecular formula is C20H19N3O5S. The third kappa shape index (κ3) is 5.58. The van der Waals surface area contributed by atoms with Crippen LogP contribution in [0.25, 0.3) is 11.1 Å². The topological polar surface area (TPSA) is 111 Å².